The zero-order chi connectivity index (χ0) is 10.1. The first-order chi connectivity index (χ1) is 6.74. The predicted molar refractivity (Wildman–Crippen MR) is 45.8 cm³/mol. The summed E-state index contributed by atoms with van der Waals surface area (Å²) >= 11 is 0. The second-order valence-corrected chi connectivity index (χ2v) is 3.04. The fourth-order valence-corrected chi connectivity index (χ4v) is 1.55. The molecule has 0 bridgehead atoms. The summed E-state index contributed by atoms with van der Waals surface area (Å²) in [5.74, 6) is -0.109. The maximum absolute atomic E-state index is 11.3. The van der Waals surface area contributed by atoms with E-state index in [4.69, 9.17) is 4.52 Å². The summed E-state index contributed by atoms with van der Waals surface area (Å²) in [4.78, 5) is 22.5. The Morgan fingerprint density at radius 2 is 2.43 bits per heavy atom. The molecular weight excluding hydrogens is 188 g/mol. The molecule has 0 spiro atoms. The van der Waals surface area contributed by atoms with Crippen LogP contribution in [0.15, 0.2) is 9.32 Å². The summed E-state index contributed by atoms with van der Waals surface area (Å²) < 4.78 is 9.50. The van der Waals surface area contributed by atoms with Gasteiger partial charge in [0, 0.05) is 6.54 Å². The molecule has 0 aromatic carbocycles. The molecule has 6 heteroatoms. The number of carbonyl (C=O) groups is 1. The van der Waals surface area contributed by atoms with Crippen LogP contribution in [0.25, 0.3) is 0 Å². The highest BCUT2D eigenvalue weighted by atomic mass is 16.5. The van der Waals surface area contributed by atoms with Gasteiger partial charge in [-0.15, -0.1) is 0 Å². The molecule has 1 aliphatic rings. The van der Waals surface area contributed by atoms with Crippen molar-refractivity contribution in [3.05, 3.63) is 21.7 Å². The highest BCUT2D eigenvalue weighted by Gasteiger charge is 2.32. The van der Waals surface area contributed by atoms with Crippen LogP contribution in [-0.4, -0.2) is 24.8 Å². The number of methoxy groups -OCH3 is 1. The molecule has 0 fully saturated rings. The second kappa shape index (κ2) is 3.30. The summed E-state index contributed by atoms with van der Waals surface area (Å²) in [7, 11) is 1.29. The molecule has 1 aromatic rings. The van der Waals surface area contributed by atoms with Gasteiger partial charge in [-0.2, -0.15) is 5.16 Å². The summed E-state index contributed by atoms with van der Waals surface area (Å²) in [6.07, 6.45) is 0.564. The van der Waals surface area contributed by atoms with E-state index in [1.54, 1.807) is 0 Å². The molecule has 0 saturated heterocycles. The molecule has 2 rings (SSSR count). The van der Waals surface area contributed by atoms with Gasteiger partial charge in [-0.1, -0.05) is 0 Å². The normalized spacial score (nSPS) is 20.2. The lowest BCUT2D eigenvalue weighted by Crippen LogP contribution is -2.36. The van der Waals surface area contributed by atoms with Crippen LogP contribution in [-0.2, 0) is 16.0 Å². The number of hydrogen-bond donors (Lipinski definition) is 2. The Morgan fingerprint density at radius 3 is 3.14 bits per heavy atom. The molecule has 2 heterocycles. The van der Waals surface area contributed by atoms with Crippen molar-refractivity contribution >= 4 is 5.97 Å². The third-order valence-corrected chi connectivity index (χ3v) is 2.25. The maximum Gasteiger partial charge on any atom is 0.330 e. The fourth-order valence-electron chi connectivity index (χ4n) is 1.55. The Balaban J connectivity index is 2.41. The van der Waals surface area contributed by atoms with Crippen LogP contribution in [0.5, 0.6) is 0 Å². The third-order valence-electron chi connectivity index (χ3n) is 2.25. The molecule has 0 radical (unpaired) electrons. The van der Waals surface area contributed by atoms with Gasteiger partial charge in [0.25, 0.3) is 5.56 Å². The number of esters is 1. The van der Waals surface area contributed by atoms with Crippen LogP contribution in [0.2, 0.25) is 0 Å². The number of fused-ring (bicyclic) bond motifs is 1. The zero-order valence-corrected chi connectivity index (χ0v) is 7.62. The van der Waals surface area contributed by atoms with Crippen LogP contribution >= 0.6 is 0 Å². The average molecular weight is 198 g/mol. The summed E-state index contributed by atoms with van der Waals surface area (Å²) in [6, 6.07) is -0.664. The van der Waals surface area contributed by atoms with E-state index < -0.39 is 12.0 Å². The minimum absolute atomic E-state index is 0.268. The lowest BCUT2D eigenvalue weighted by atomic mass is 10.0. The van der Waals surface area contributed by atoms with E-state index in [1.165, 1.54) is 7.11 Å². The number of nitrogens with one attached hydrogen (secondary N) is 2. The smallest absolute Gasteiger partial charge is 0.330 e. The number of H-pyrrole nitrogens is 1. The van der Waals surface area contributed by atoms with Crippen molar-refractivity contribution in [2.75, 3.05) is 13.7 Å². The first kappa shape index (κ1) is 9.01. The number of ether oxygens (including phenoxy) is 1. The molecule has 1 unspecified atom stereocenters. The van der Waals surface area contributed by atoms with Crippen molar-refractivity contribution < 1.29 is 14.1 Å². The van der Waals surface area contributed by atoms with Gasteiger partial charge >= 0.3 is 5.97 Å². The van der Waals surface area contributed by atoms with Gasteiger partial charge in [0.2, 0.25) is 0 Å². The van der Waals surface area contributed by atoms with Crippen LogP contribution in [0, 0.1) is 0 Å². The van der Waals surface area contributed by atoms with Crippen LogP contribution in [0.1, 0.15) is 17.4 Å². The fraction of sp³-hybridized carbons (Fsp3) is 0.500. The second-order valence-electron chi connectivity index (χ2n) is 3.04. The minimum Gasteiger partial charge on any atom is -0.468 e. The van der Waals surface area contributed by atoms with Gasteiger partial charge in [-0.25, -0.2) is 4.79 Å². The quantitative estimate of drug-likeness (QED) is 0.584. The lowest BCUT2D eigenvalue weighted by Gasteiger charge is -2.18. The van der Waals surface area contributed by atoms with E-state index in [0.29, 0.717) is 24.3 Å². The van der Waals surface area contributed by atoms with Gasteiger partial charge < -0.3 is 9.26 Å². The summed E-state index contributed by atoms with van der Waals surface area (Å²) in [5, 5.41) is 5.12. The molecule has 76 valence electrons. The molecule has 14 heavy (non-hydrogen) atoms. The van der Waals surface area contributed by atoms with Crippen molar-refractivity contribution in [1.82, 2.24) is 10.5 Å². The van der Waals surface area contributed by atoms with E-state index in [1.807, 2.05) is 0 Å². The van der Waals surface area contributed by atoms with E-state index in [0.717, 1.165) is 0 Å². The van der Waals surface area contributed by atoms with E-state index >= 15 is 0 Å². The Bertz CT molecular complexity index is 406. The average Bonchev–Trinajstić information content (AvgIpc) is 2.59. The van der Waals surface area contributed by atoms with Crippen molar-refractivity contribution in [2.45, 2.75) is 12.5 Å². The van der Waals surface area contributed by atoms with Crippen LogP contribution in [0.4, 0.5) is 0 Å². The van der Waals surface area contributed by atoms with Gasteiger partial charge in [-0.3, -0.25) is 10.1 Å². The largest absolute Gasteiger partial charge is 0.468 e. The monoisotopic (exact) mass is 198 g/mol. The molecule has 6 nitrogen and oxygen atoms in total. The number of hydrogen-bond acceptors (Lipinski definition) is 5. The van der Waals surface area contributed by atoms with Crippen LogP contribution in [0.3, 0.4) is 0 Å². The molecule has 0 amide bonds. The van der Waals surface area contributed by atoms with Crippen molar-refractivity contribution in [3.8, 4) is 0 Å². The number of carbonyl (C=O) groups excluding carboxylic acids is 1. The number of rotatable bonds is 1. The molecule has 1 aliphatic heterocycles. The SMILES string of the molecule is COC(=O)C1NCCc2c1o[nH]c2=O. The maximum atomic E-state index is 11.3. The molecule has 1 aromatic heterocycles. The Hall–Kier alpha value is -1.56. The molecular formula is C8H10N2O4. The Kier molecular flexibility index (Phi) is 2.12. The molecule has 0 saturated carbocycles. The summed E-state index contributed by atoms with van der Waals surface area (Å²) in [5.41, 5.74) is 0.259. The zero-order valence-electron chi connectivity index (χ0n) is 7.62. The van der Waals surface area contributed by atoms with Gasteiger partial charge in [0.15, 0.2) is 11.8 Å². The Labute approximate surface area is 79.2 Å². The predicted octanol–water partition coefficient (Wildman–Crippen LogP) is -0.672. The van der Waals surface area contributed by atoms with Gasteiger partial charge in [-0.05, 0) is 6.42 Å². The molecule has 2 N–H and O–H groups in total. The first-order valence-electron chi connectivity index (χ1n) is 4.25. The Morgan fingerprint density at radius 1 is 1.64 bits per heavy atom. The van der Waals surface area contributed by atoms with Gasteiger partial charge in [0.1, 0.15) is 0 Å². The lowest BCUT2D eigenvalue weighted by molar-refractivity contribution is -0.144. The van der Waals surface area contributed by atoms with Crippen molar-refractivity contribution in [2.24, 2.45) is 0 Å². The van der Waals surface area contributed by atoms with E-state index in [2.05, 4.69) is 15.2 Å². The highest BCUT2D eigenvalue weighted by molar-refractivity contribution is 5.77. The third kappa shape index (κ3) is 1.24. The number of aromatic amines is 1. The van der Waals surface area contributed by atoms with Gasteiger partial charge in [0.05, 0.1) is 12.7 Å². The number of aromatic nitrogens is 1. The molecule has 0 aliphatic carbocycles. The highest BCUT2D eigenvalue weighted by Crippen LogP contribution is 2.20. The summed E-state index contributed by atoms with van der Waals surface area (Å²) in [6.45, 7) is 0.565. The standard InChI is InChI=1S/C8H10N2O4/c1-13-8(12)5-6-4(2-3-9-5)7(11)10-14-6/h5,9H,2-3H2,1H3,(H,10,11). The first-order valence-corrected chi connectivity index (χ1v) is 4.25. The van der Waals surface area contributed by atoms with Crippen molar-refractivity contribution in [1.29, 1.82) is 0 Å². The van der Waals surface area contributed by atoms with Crippen LogP contribution < -0.4 is 10.9 Å². The van der Waals surface area contributed by atoms with E-state index in [9.17, 15) is 9.59 Å². The van der Waals surface area contributed by atoms with Crippen molar-refractivity contribution in [3.63, 3.8) is 0 Å². The minimum atomic E-state index is -0.664. The van der Waals surface area contributed by atoms with E-state index in [-0.39, 0.29) is 5.56 Å². The molecule has 1 atom stereocenters. The topological polar surface area (TPSA) is 84.3 Å².